The van der Waals surface area contributed by atoms with Gasteiger partial charge in [0, 0.05) is 17.9 Å². The second-order valence-corrected chi connectivity index (χ2v) is 7.64. The van der Waals surface area contributed by atoms with Crippen LogP contribution in [0.1, 0.15) is 51.6 Å². The summed E-state index contributed by atoms with van der Waals surface area (Å²) in [6, 6.07) is 10.8. The van der Waals surface area contributed by atoms with Crippen LogP contribution >= 0.6 is 0 Å². The minimum Gasteiger partial charge on any atom is -0.597 e. The summed E-state index contributed by atoms with van der Waals surface area (Å²) >= 11 is -0.903. The Morgan fingerprint density at radius 2 is 2.00 bits per heavy atom. The zero-order valence-corrected chi connectivity index (χ0v) is 12.4. The second kappa shape index (κ2) is 5.64. The Hall–Kier alpha value is -0.510. The molecule has 0 aromatic heterocycles. The smallest absolute Gasteiger partial charge is 0.139 e. The van der Waals surface area contributed by atoms with Crippen molar-refractivity contribution in [2.45, 2.75) is 50.8 Å². The molecule has 1 aromatic carbocycles. The van der Waals surface area contributed by atoms with Crippen molar-refractivity contribution in [1.82, 2.24) is 4.31 Å². The summed E-state index contributed by atoms with van der Waals surface area (Å²) in [5.74, 6) is 0. The van der Waals surface area contributed by atoms with Crippen LogP contribution in [0.4, 0.5) is 0 Å². The van der Waals surface area contributed by atoms with Crippen LogP contribution in [0.3, 0.4) is 0 Å². The average Bonchev–Trinajstić information content (AvgIpc) is 2.87. The molecule has 1 aliphatic rings. The van der Waals surface area contributed by atoms with E-state index in [1.165, 1.54) is 5.56 Å². The van der Waals surface area contributed by atoms with Crippen LogP contribution in [0.15, 0.2) is 30.3 Å². The van der Waals surface area contributed by atoms with Gasteiger partial charge in [-0.05, 0) is 38.7 Å². The number of hydrogen-bond donors (Lipinski definition) is 0. The largest absolute Gasteiger partial charge is 0.597 e. The monoisotopic (exact) mass is 265 g/mol. The standard InChI is InChI=1S/C15H23NOS/c1-4-15(2,3)18(17)16-12-8-11-14(16)13-9-6-5-7-10-13/h5-7,9-10,14H,4,8,11-12H2,1-3H3/t14-,18?/m0/s1. The van der Waals surface area contributed by atoms with Crippen molar-refractivity contribution in [2.75, 3.05) is 6.54 Å². The van der Waals surface area contributed by atoms with Crippen molar-refractivity contribution >= 4 is 11.4 Å². The number of rotatable bonds is 4. The van der Waals surface area contributed by atoms with Gasteiger partial charge in [-0.3, -0.25) is 0 Å². The van der Waals surface area contributed by atoms with Gasteiger partial charge in [-0.2, -0.15) is 0 Å². The van der Waals surface area contributed by atoms with Crippen LogP contribution in [0.25, 0.3) is 0 Å². The lowest BCUT2D eigenvalue weighted by molar-refractivity contribution is 0.375. The fourth-order valence-corrected chi connectivity index (χ4v) is 4.02. The predicted molar refractivity (Wildman–Crippen MR) is 77.6 cm³/mol. The van der Waals surface area contributed by atoms with Crippen LogP contribution in [0.5, 0.6) is 0 Å². The molecule has 100 valence electrons. The van der Waals surface area contributed by atoms with Gasteiger partial charge in [0.2, 0.25) is 0 Å². The third-order valence-corrected chi connectivity index (χ3v) is 6.02. The second-order valence-electron chi connectivity index (χ2n) is 5.57. The molecule has 0 N–H and O–H groups in total. The van der Waals surface area contributed by atoms with E-state index in [-0.39, 0.29) is 4.75 Å². The summed E-state index contributed by atoms with van der Waals surface area (Å²) in [4.78, 5) is 0. The summed E-state index contributed by atoms with van der Waals surface area (Å²) in [5, 5.41) is 0. The first-order valence-corrected chi connectivity index (χ1v) is 7.90. The van der Waals surface area contributed by atoms with E-state index >= 15 is 0 Å². The Morgan fingerprint density at radius 1 is 1.33 bits per heavy atom. The Kier molecular flexibility index (Phi) is 4.36. The lowest BCUT2D eigenvalue weighted by Crippen LogP contribution is -2.44. The molecule has 1 unspecified atom stereocenters. The van der Waals surface area contributed by atoms with E-state index in [4.69, 9.17) is 0 Å². The highest BCUT2D eigenvalue weighted by molar-refractivity contribution is 7.90. The van der Waals surface area contributed by atoms with Gasteiger partial charge in [0.05, 0.1) is 6.04 Å². The van der Waals surface area contributed by atoms with Crippen molar-refractivity contribution < 1.29 is 4.55 Å². The molecule has 2 nitrogen and oxygen atoms in total. The molecule has 1 saturated heterocycles. The van der Waals surface area contributed by atoms with Crippen LogP contribution in [-0.4, -0.2) is 20.1 Å². The number of benzene rings is 1. The Morgan fingerprint density at radius 3 is 2.61 bits per heavy atom. The number of nitrogens with zero attached hydrogens (tertiary/aromatic N) is 1. The lowest BCUT2D eigenvalue weighted by Gasteiger charge is -2.35. The SMILES string of the molecule is CCC(C)(C)[S+]([O-])N1CCC[C@H]1c1ccccc1. The first-order chi connectivity index (χ1) is 8.56. The molecule has 0 aliphatic carbocycles. The number of hydrogen-bond acceptors (Lipinski definition) is 2. The van der Waals surface area contributed by atoms with E-state index in [0.717, 1.165) is 25.8 Å². The maximum atomic E-state index is 12.7. The minimum absolute atomic E-state index is 0.128. The van der Waals surface area contributed by atoms with Crippen molar-refractivity contribution in [3.05, 3.63) is 35.9 Å². The van der Waals surface area contributed by atoms with Crippen molar-refractivity contribution in [3.8, 4) is 0 Å². The Labute approximate surface area is 114 Å². The summed E-state index contributed by atoms with van der Waals surface area (Å²) in [7, 11) is 0. The highest BCUT2D eigenvalue weighted by atomic mass is 32.2. The fraction of sp³-hybridized carbons (Fsp3) is 0.600. The third-order valence-electron chi connectivity index (χ3n) is 3.93. The summed E-state index contributed by atoms with van der Waals surface area (Å²) in [5.41, 5.74) is 1.30. The van der Waals surface area contributed by atoms with E-state index < -0.39 is 11.4 Å². The van der Waals surface area contributed by atoms with Gasteiger partial charge in [-0.25, -0.2) is 0 Å². The molecule has 2 rings (SSSR count). The van der Waals surface area contributed by atoms with Crippen LogP contribution in [0, 0.1) is 0 Å². The van der Waals surface area contributed by atoms with Crippen molar-refractivity contribution in [2.24, 2.45) is 0 Å². The first kappa shape index (κ1) is 13.9. The third kappa shape index (κ3) is 2.73. The van der Waals surface area contributed by atoms with E-state index in [0.29, 0.717) is 6.04 Å². The molecule has 0 saturated carbocycles. The van der Waals surface area contributed by atoms with Gasteiger partial charge in [-0.15, -0.1) is 4.31 Å². The van der Waals surface area contributed by atoms with Gasteiger partial charge >= 0.3 is 0 Å². The molecule has 0 radical (unpaired) electrons. The molecule has 0 bridgehead atoms. The Balaban J connectivity index is 2.18. The zero-order chi connectivity index (χ0) is 13.2. The zero-order valence-electron chi connectivity index (χ0n) is 11.6. The summed E-state index contributed by atoms with van der Waals surface area (Å²) < 4.78 is 14.8. The van der Waals surface area contributed by atoms with E-state index in [2.05, 4.69) is 49.3 Å². The van der Waals surface area contributed by atoms with E-state index in [1.807, 2.05) is 6.07 Å². The summed E-state index contributed by atoms with van der Waals surface area (Å²) in [6.07, 6.45) is 3.21. The molecule has 2 atom stereocenters. The van der Waals surface area contributed by atoms with Gasteiger partial charge in [0.1, 0.15) is 4.75 Å². The van der Waals surface area contributed by atoms with Gasteiger partial charge < -0.3 is 4.55 Å². The van der Waals surface area contributed by atoms with Crippen molar-refractivity contribution in [3.63, 3.8) is 0 Å². The topological polar surface area (TPSA) is 26.3 Å². The van der Waals surface area contributed by atoms with Crippen molar-refractivity contribution in [1.29, 1.82) is 0 Å². The van der Waals surface area contributed by atoms with Crippen LogP contribution in [-0.2, 0) is 11.4 Å². The molecular formula is C15H23NOS. The van der Waals surface area contributed by atoms with Gasteiger partial charge in [0.15, 0.2) is 0 Å². The molecule has 0 spiro atoms. The highest BCUT2D eigenvalue weighted by Gasteiger charge is 2.42. The molecule has 1 aliphatic heterocycles. The van der Waals surface area contributed by atoms with E-state index in [1.54, 1.807) is 0 Å². The van der Waals surface area contributed by atoms with Gasteiger partial charge in [0.25, 0.3) is 0 Å². The fourth-order valence-electron chi connectivity index (χ4n) is 2.39. The van der Waals surface area contributed by atoms with Crippen LogP contribution < -0.4 is 0 Å². The maximum Gasteiger partial charge on any atom is 0.139 e. The molecule has 1 heterocycles. The van der Waals surface area contributed by atoms with Crippen LogP contribution in [0.2, 0.25) is 0 Å². The quantitative estimate of drug-likeness (QED) is 0.776. The molecule has 1 aromatic rings. The predicted octanol–water partition coefficient (Wildman–Crippen LogP) is 3.68. The molecule has 1 fully saturated rings. The normalized spacial score (nSPS) is 23.2. The highest BCUT2D eigenvalue weighted by Crippen LogP contribution is 2.38. The molecule has 18 heavy (non-hydrogen) atoms. The molecule has 3 heteroatoms. The average molecular weight is 265 g/mol. The molecule has 0 amide bonds. The Bertz CT molecular complexity index is 379. The first-order valence-electron chi connectivity index (χ1n) is 6.80. The summed E-state index contributed by atoms with van der Waals surface area (Å²) in [6.45, 7) is 7.27. The van der Waals surface area contributed by atoms with E-state index in [9.17, 15) is 4.55 Å². The molecular weight excluding hydrogens is 242 g/mol. The van der Waals surface area contributed by atoms with Gasteiger partial charge in [-0.1, -0.05) is 37.3 Å². The maximum absolute atomic E-state index is 12.7. The lowest BCUT2D eigenvalue weighted by atomic mass is 10.1. The minimum atomic E-state index is -0.903.